The van der Waals surface area contributed by atoms with Gasteiger partial charge in [-0.25, -0.2) is 0 Å². The van der Waals surface area contributed by atoms with Gasteiger partial charge in [0, 0.05) is 32.7 Å². The summed E-state index contributed by atoms with van der Waals surface area (Å²) in [5.41, 5.74) is 5.24. The average molecular weight is 566 g/mol. The number of furan rings is 1. The van der Waals surface area contributed by atoms with Gasteiger partial charge in [-0.1, -0.05) is 0 Å². The molecule has 3 aromatic rings. The number of rotatable bonds is 6. The first-order valence-electron chi connectivity index (χ1n) is 14.7. The minimum atomic E-state index is -0.978. The summed E-state index contributed by atoms with van der Waals surface area (Å²) in [6.45, 7) is 7.00. The van der Waals surface area contributed by atoms with Crippen LogP contribution in [0.2, 0.25) is 0 Å². The Morgan fingerprint density at radius 2 is 1.68 bits per heavy atom. The highest BCUT2D eigenvalue weighted by molar-refractivity contribution is 5.85. The van der Waals surface area contributed by atoms with Crippen molar-refractivity contribution in [1.29, 1.82) is 0 Å². The third-order valence-corrected chi connectivity index (χ3v) is 8.75. The number of hydrogen-bond donors (Lipinski definition) is 2. The smallest absolute Gasteiger partial charge is 0.259 e. The zero-order valence-electron chi connectivity index (χ0n) is 23.8. The molecule has 3 saturated heterocycles. The maximum absolute atomic E-state index is 13.7. The van der Waals surface area contributed by atoms with Crippen LogP contribution < -0.4 is 10.6 Å². The van der Waals surface area contributed by atoms with Crippen LogP contribution in [0.3, 0.4) is 0 Å². The Kier molecular flexibility index (Phi) is 7.30. The summed E-state index contributed by atoms with van der Waals surface area (Å²) in [6, 6.07) is 3.20. The molecule has 0 spiro atoms. The third kappa shape index (κ3) is 5.72. The molecule has 1 atom stereocenters. The largest absolute Gasteiger partial charge is 0.461 e. The Balaban J connectivity index is 1.06. The lowest BCUT2D eigenvalue weighted by molar-refractivity contribution is -0.138. The molecular formula is C28H39N9O4. The first-order chi connectivity index (χ1) is 19.7. The van der Waals surface area contributed by atoms with E-state index in [0.29, 0.717) is 41.7 Å². The SMILES string of the molecule is CC(C)(O)CC(=O)N1CCC(C2CCN(C(=O)[C@@H]3CCCN3c3nc(N)n4nc(-c5ccco5)nc4n3)CC2)CC1. The second-order valence-corrected chi connectivity index (χ2v) is 12.2. The number of amides is 2. The number of nitrogens with two attached hydrogens (primary N) is 1. The molecular weight excluding hydrogens is 526 g/mol. The molecule has 0 radical (unpaired) electrons. The second-order valence-electron chi connectivity index (χ2n) is 12.2. The van der Waals surface area contributed by atoms with Gasteiger partial charge < -0.3 is 30.0 Å². The molecule has 41 heavy (non-hydrogen) atoms. The fourth-order valence-corrected chi connectivity index (χ4v) is 6.60. The van der Waals surface area contributed by atoms with Gasteiger partial charge in [0.15, 0.2) is 5.76 Å². The van der Waals surface area contributed by atoms with Crippen molar-refractivity contribution in [2.75, 3.05) is 43.4 Å². The Bertz CT molecular complexity index is 1380. The molecule has 0 unspecified atom stereocenters. The quantitative estimate of drug-likeness (QED) is 0.452. The Labute approximate surface area is 238 Å². The minimum absolute atomic E-state index is 0.0318. The van der Waals surface area contributed by atoms with Gasteiger partial charge in [-0.05, 0) is 76.3 Å². The van der Waals surface area contributed by atoms with Crippen LogP contribution in [0.5, 0.6) is 0 Å². The molecule has 13 heteroatoms. The van der Waals surface area contributed by atoms with Gasteiger partial charge in [0.2, 0.25) is 29.5 Å². The number of aliphatic hydroxyl groups is 1. The summed E-state index contributed by atoms with van der Waals surface area (Å²) in [4.78, 5) is 45.6. The Morgan fingerprint density at radius 1 is 1.00 bits per heavy atom. The van der Waals surface area contributed by atoms with Crippen LogP contribution in [0.1, 0.15) is 58.8 Å². The highest BCUT2D eigenvalue weighted by Crippen LogP contribution is 2.34. The van der Waals surface area contributed by atoms with E-state index in [4.69, 9.17) is 10.2 Å². The van der Waals surface area contributed by atoms with Crippen LogP contribution in [-0.4, -0.2) is 95.7 Å². The first-order valence-corrected chi connectivity index (χ1v) is 14.7. The first kappa shape index (κ1) is 27.4. The lowest BCUT2D eigenvalue weighted by Gasteiger charge is -2.41. The lowest BCUT2D eigenvalue weighted by Crippen LogP contribution is -2.50. The van der Waals surface area contributed by atoms with Crippen molar-refractivity contribution in [1.82, 2.24) is 34.4 Å². The van der Waals surface area contributed by atoms with E-state index < -0.39 is 5.60 Å². The second kappa shape index (κ2) is 10.9. The number of aromatic nitrogens is 5. The van der Waals surface area contributed by atoms with E-state index in [0.717, 1.165) is 64.7 Å². The van der Waals surface area contributed by atoms with Gasteiger partial charge in [0.05, 0.1) is 18.3 Å². The molecule has 2 amide bonds. The maximum Gasteiger partial charge on any atom is 0.259 e. The van der Waals surface area contributed by atoms with Crippen LogP contribution in [-0.2, 0) is 9.59 Å². The van der Waals surface area contributed by atoms with E-state index in [2.05, 4.69) is 20.1 Å². The molecule has 3 aliphatic heterocycles. The fraction of sp³-hybridized carbons (Fsp3) is 0.643. The van der Waals surface area contributed by atoms with Crippen LogP contribution >= 0.6 is 0 Å². The minimum Gasteiger partial charge on any atom is -0.461 e. The molecule has 3 N–H and O–H groups in total. The van der Waals surface area contributed by atoms with E-state index in [1.165, 1.54) is 4.52 Å². The summed E-state index contributed by atoms with van der Waals surface area (Å²) in [5, 5.41) is 14.3. The standard InChI is InChI=1S/C28H39N9O4/c1-28(2,40)17-22(38)34-12-7-18(8-13-34)19-9-14-35(15-10-19)24(39)20-5-3-11-36(20)26-31-25(29)37-27(32-26)30-23(33-37)21-6-4-16-41-21/h4,6,16,18-20,40H,3,5,7-15,17H2,1-2H3,(H2,29,30,31,32,33)/t20-/m0/s1. The summed E-state index contributed by atoms with van der Waals surface area (Å²) in [7, 11) is 0. The molecule has 0 saturated carbocycles. The predicted molar refractivity (Wildman–Crippen MR) is 151 cm³/mol. The predicted octanol–water partition coefficient (Wildman–Crippen LogP) is 1.97. The highest BCUT2D eigenvalue weighted by Gasteiger charge is 2.38. The Hall–Kier alpha value is -3.74. The van der Waals surface area contributed by atoms with E-state index in [9.17, 15) is 14.7 Å². The van der Waals surface area contributed by atoms with E-state index >= 15 is 0 Å². The van der Waals surface area contributed by atoms with E-state index in [1.807, 2.05) is 14.7 Å². The molecule has 3 aromatic heterocycles. The molecule has 3 fully saturated rings. The average Bonchev–Trinajstić information content (AvgIpc) is 3.73. The zero-order chi connectivity index (χ0) is 28.7. The van der Waals surface area contributed by atoms with Gasteiger partial charge in [-0.15, -0.1) is 5.10 Å². The number of fused-ring (bicyclic) bond motifs is 1. The van der Waals surface area contributed by atoms with E-state index in [1.54, 1.807) is 32.2 Å². The summed E-state index contributed by atoms with van der Waals surface area (Å²) in [5.74, 6) is 3.02. The lowest BCUT2D eigenvalue weighted by atomic mass is 9.78. The van der Waals surface area contributed by atoms with Crippen molar-refractivity contribution < 1.29 is 19.1 Å². The summed E-state index contributed by atoms with van der Waals surface area (Å²) >= 11 is 0. The molecule has 6 heterocycles. The van der Waals surface area contributed by atoms with Gasteiger partial charge >= 0.3 is 0 Å². The van der Waals surface area contributed by atoms with Crippen molar-refractivity contribution in [3.8, 4) is 11.6 Å². The number of carbonyl (C=O) groups excluding carboxylic acids is 2. The van der Waals surface area contributed by atoms with Crippen LogP contribution in [0.4, 0.5) is 11.9 Å². The maximum atomic E-state index is 13.7. The number of nitrogens with zero attached hydrogens (tertiary/aromatic N) is 8. The summed E-state index contributed by atoms with van der Waals surface area (Å²) in [6.07, 6.45) is 7.25. The molecule has 220 valence electrons. The number of hydrogen-bond acceptors (Lipinski definition) is 10. The normalized spacial score (nSPS) is 21.2. The van der Waals surface area contributed by atoms with Crippen molar-refractivity contribution in [3.63, 3.8) is 0 Å². The Morgan fingerprint density at radius 3 is 2.32 bits per heavy atom. The van der Waals surface area contributed by atoms with Crippen molar-refractivity contribution in [2.45, 2.75) is 70.4 Å². The number of piperidine rings is 2. The van der Waals surface area contributed by atoms with Gasteiger partial charge in [-0.3, -0.25) is 9.59 Å². The molecule has 0 aliphatic carbocycles. The highest BCUT2D eigenvalue weighted by atomic mass is 16.3. The molecule has 0 aromatic carbocycles. The monoisotopic (exact) mass is 565 g/mol. The topological polar surface area (TPSA) is 159 Å². The van der Waals surface area contributed by atoms with Crippen LogP contribution in [0.15, 0.2) is 22.8 Å². The molecule has 6 rings (SSSR count). The van der Waals surface area contributed by atoms with E-state index in [-0.39, 0.29) is 30.2 Å². The fourth-order valence-electron chi connectivity index (χ4n) is 6.60. The number of nitrogen functional groups attached to an aromatic ring is 1. The van der Waals surface area contributed by atoms with Gasteiger partial charge in [-0.2, -0.15) is 19.5 Å². The van der Waals surface area contributed by atoms with Gasteiger partial charge in [0.1, 0.15) is 6.04 Å². The van der Waals surface area contributed by atoms with Crippen molar-refractivity contribution in [2.24, 2.45) is 11.8 Å². The third-order valence-electron chi connectivity index (χ3n) is 8.75. The number of anilines is 2. The summed E-state index contributed by atoms with van der Waals surface area (Å²) < 4.78 is 6.78. The van der Waals surface area contributed by atoms with Crippen LogP contribution in [0.25, 0.3) is 17.4 Å². The molecule has 13 nitrogen and oxygen atoms in total. The molecule has 3 aliphatic rings. The van der Waals surface area contributed by atoms with Gasteiger partial charge in [0.25, 0.3) is 5.78 Å². The van der Waals surface area contributed by atoms with Crippen molar-refractivity contribution >= 4 is 29.5 Å². The number of likely N-dealkylation sites (tertiary alicyclic amines) is 2. The van der Waals surface area contributed by atoms with Crippen LogP contribution in [0, 0.1) is 11.8 Å². The van der Waals surface area contributed by atoms with Crippen molar-refractivity contribution in [3.05, 3.63) is 18.4 Å². The zero-order valence-corrected chi connectivity index (χ0v) is 23.8. The molecule has 0 bridgehead atoms. The number of carbonyl (C=O) groups is 2.